The number of hydrogen-bond donors (Lipinski definition) is 4. The fourth-order valence-corrected chi connectivity index (χ4v) is 6.27. The minimum atomic E-state index is -4.47. The van der Waals surface area contributed by atoms with Gasteiger partial charge in [-0.1, -0.05) is 41.3 Å². The van der Waals surface area contributed by atoms with Crippen LogP contribution in [-0.4, -0.2) is 46.7 Å². The minimum absolute atomic E-state index is 0.00998. The first-order valence-corrected chi connectivity index (χ1v) is 14.9. The highest BCUT2D eigenvalue weighted by Gasteiger charge is 2.37. The Balaban J connectivity index is 1.48. The summed E-state index contributed by atoms with van der Waals surface area (Å²) < 4.78 is 62.5. The topological polar surface area (TPSA) is 178 Å². The van der Waals surface area contributed by atoms with Gasteiger partial charge in [-0.15, -0.1) is 0 Å². The SMILES string of the molecule is O=S(=O)(On1c(O)c2c(c1O)Cc1c(c(O)n(OS(=O)(=O)c3ccc(Br)cc3)c1O)C2)c1ccc(Br)cc1. The fraction of sp³-hybridized carbons (Fsp3) is 0.0909. The third-order valence-electron chi connectivity index (χ3n) is 5.83. The van der Waals surface area contributed by atoms with Gasteiger partial charge < -0.3 is 20.4 Å². The van der Waals surface area contributed by atoms with Crippen molar-refractivity contribution in [3.8, 4) is 23.5 Å². The van der Waals surface area contributed by atoms with Gasteiger partial charge in [0.25, 0.3) is 0 Å². The summed E-state index contributed by atoms with van der Waals surface area (Å²) in [6, 6.07) is 10.9. The van der Waals surface area contributed by atoms with Crippen LogP contribution in [0.1, 0.15) is 22.3 Å². The van der Waals surface area contributed by atoms with Crippen LogP contribution in [0.5, 0.6) is 23.5 Å². The summed E-state index contributed by atoms with van der Waals surface area (Å²) in [7, 11) is -8.94. The first-order chi connectivity index (χ1) is 17.8. The van der Waals surface area contributed by atoms with Crippen LogP contribution in [0.15, 0.2) is 67.3 Å². The van der Waals surface area contributed by atoms with Gasteiger partial charge in [0.1, 0.15) is 9.79 Å². The largest absolute Gasteiger partial charge is 0.492 e. The summed E-state index contributed by atoms with van der Waals surface area (Å²) in [5.74, 6) is -3.06. The molecule has 0 spiro atoms. The molecule has 12 nitrogen and oxygen atoms in total. The Kier molecular flexibility index (Phi) is 6.32. The molecule has 0 fully saturated rings. The molecule has 2 aromatic carbocycles. The zero-order chi connectivity index (χ0) is 27.6. The van der Waals surface area contributed by atoms with E-state index in [1.807, 2.05) is 0 Å². The van der Waals surface area contributed by atoms with Gasteiger partial charge in [-0.05, 0) is 48.5 Å². The molecule has 200 valence electrons. The molecule has 2 aromatic heterocycles. The van der Waals surface area contributed by atoms with Crippen molar-refractivity contribution in [3.63, 3.8) is 0 Å². The molecule has 0 bridgehead atoms. The van der Waals surface area contributed by atoms with E-state index in [-0.39, 0.29) is 44.9 Å². The molecule has 1 aliphatic rings. The van der Waals surface area contributed by atoms with E-state index >= 15 is 0 Å². The first-order valence-electron chi connectivity index (χ1n) is 10.5. The van der Waals surface area contributed by atoms with E-state index in [0.717, 1.165) is 0 Å². The summed E-state index contributed by atoms with van der Waals surface area (Å²) in [4.78, 5) is -0.493. The Morgan fingerprint density at radius 2 is 0.816 bits per heavy atom. The zero-order valence-corrected chi connectivity index (χ0v) is 23.5. The van der Waals surface area contributed by atoms with Gasteiger partial charge in [0, 0.05) is 44.0 Å². The Morgan fingerprint density at radius 1 is 0.553 bits per heavy atom. The lowest BCUT2D eigenvalue weighted by atomic mass is 9.90. The van der Waals surface area contributed by atoms with Gasteiger partial charge in [0.2, 0.25) is 23.5 Å². The summed E-state index contributed by atoms with van der Waals surface area (Å²) >= 11 is 6.38. The standard InChI is InChI=1S/C22H16Br2N2O10S2/c23-11-1-5-13(6-2-11)37(31,32)35-25-19(27)15-9-17-18(10-16(15)20(25)28)22(30)26(21(17)29)36-38(33,34)14-7-3-12(24)4-8-14/h1-8,27-30H,9-10H2. The second kappa shape index (κ2) is 9.14. The van der Waals surface area contributed by atoms with E-state index in [2.05, 4.69) is 31.9 Å². The maximum Gasteiger partial charge on any atom is 0.357 e. The van der Waals surface area contributed by atoms with Crippen LogP contribution in [0.4, 0.5) is 0 Å². The van der Waals surface area contributed by atoms with Crippen molar-refractivity contribution in [2.75, 3.05) is 0 Å². The molecule has 0 amide bonds. The van der Waals surface area contributed by atoms with E-state index in [1.165, 1.54) is 48.5 Å². The molecule has 0 saturated heterocycles. The summed E-state index contributed by atoms with van der Waals surface area (Å²) in [6.45, 7) is 0. The quantitative estimate of drug-likeness (QED) is 0.207. The number of hydrogen-bond acceptors (Lipinski definition) is 10. The van der Waals surface area contributed by atoms with Crippen LogP contribution in [0.25, 0.3) is 0 Å². The molecule has 0 unspecified atom stereocenters. The molecule has 1 aliphatic carbocycles. The summed E-state index contributed by atoms with van der Waals surface area (Å²) in [5.41, 5.74) is -0.0399. The van der Waals surface area contributed by atoms with E-state index < -0.39 is 43.8 Å². The predicted molar refractivity (Wildman–Crippen MR) is 137 cm³/mol. The molecule has 4 aromatic rings. The lowest BCUT2D eigenvalue weighted by molar-refractivity contribution is 0.200. The van der Waals surface area contributed by atoms with Crippen molar-refractivity contribution in [1.29, 1.82) is 0 Å². The smallest absolute Gasteiger partial charge is 0.357 e. The molecule has 16 heteroatoms. The van der Waals surface area contributed by atoms with E-state index in [0.29, 0.717) is 18.4 Å². The van der Waals surface area contributed by atoms with Crippen LogP contribution in [0.3, 0.4) is 0 Å². The Hall–Kier alpha value is -3.34. The monoisotopic (exact) mass is 690 g/mol. The van der Waals surface area contributed by atoms with Gasteiger partial charge in [0.15, 0.2) is 0 Å². The second-order valence-electron chi connectivity index (χ2n) is 8.12. The Bertz CT molecular complexity index is 1610. The minimum Gasteiger partial charge on any atom is -0.492 e. The lowest BCUT2D eigenvalue weighted by Crippen LogP contribution is -2.20. The van der Waals surface area contributed by atoms with Gasteiger partial charge in [-0.25, -0.2) is 0 Å². The van der Waals surface area contributed by atoms with Crippen molar-refractivity contribution in [3.05, 3.63) is 79.7 Å². The normalized spacial score (nSPS) is 13.1. The number of nitrogens with zero attached hydrogens (tertiary/aromatic N) is 2. The van der Waals surface area contributed by atoms with E-state index in [1.54, 1.807) is 0 Å². The van der Waals surface area contributed by atoms with Crippen molar-refractivity contribution in [1.82, 2.24) is 9.46 Å². The van der Waals surface area contributed by atoms with Gasteiger partial charge >= 0.3 is 20.2 Å². The number of benzene rings is 2. The van der Waals surface area contributed by atoms with Gasteiger partial charge in [-0.3, -0.25) is 8.57 Å². The van der Waals surface area contributed by atoms with Crippen molar-refractivity contribution >= 4 is 52.1 Å². The maximum absolute atomic E-state index is 12.7. The molecule has 38 heavy (non-hydrogen) atoms. The van der Waals surface area contributed by atoms with Crippen molar-refractivity contribution in [2.24, 2.45) is 0 Å². The van der Waals surface area contributed by atoms with Crippen LogP contribution >= 0.6 is 31.9 Å². The number of fused-ring (bicyclic) bond motifs is 2. The highest BCUT2D eigenvalue weighted by atomic mass is 79.9. The van der Waals surface area contributed by atoms with Crippen molar-refractivity contribution < 1.29 is 45.8 Å². The lowest BCUT2D eigenvalue weighted by Gasteiger charge is -2.11. The fourth-order valence-electron chi connectivity index (χ4n) is 3.95. The van der Waals surface area contributed by atoms with Gasteiger partial charge in [0.05, 0.1) is 0 Å². The van der Waals surface area contributed by atoms with Gasteiger partial charge in [-0.2, -0.15) is 16.8 Å². The zero-order valence-electron chi connectivity index (χ0n) is 18.7. The number of aromatic hydroxyl groups is 4. The van der Waals surface area contributed by atoms with Crippen molar-refractivity contribution in [2.45, 2.75) is 22.6 Å². The Morgan fingerprint density at radius 3 is 1.08 bits per heavy atom. The number of aromatic nitrogens is 2. The summed E-state index contributed by atoms with van der Waals surface area (Å²) in [5, 5.41) is 42.7. The summed E-state index contributed by atoms with van der Waals surface area (Å²) in [6.07, 6.45) is -0.653. The molecule has 5 rings (SSSR count). The molecule has 0 atom stereocenters. The average molecular weight is 692 g/mol. The number of rotatable bonds is 6. The molecular formula is C22H16Br2N2O10S2. The third-order valence-corrected chi connectivity index (χ3v) is 9.28. The molecule has 0 aliphatic heterocycles. The van der Waals surface area contributed by atoms with E-state index in [4.69, 9.17) is 8.57 Å². The molecule has 0 saturated carbocycles. The third kappa shape index (κ3) is 4.36. The molecule has 2 heterocycles. The first kappa shape index (κ1) is 26.3. The van der Waals surface area contributed by atoms with Crippen LogP contribution in [0.2, 0.25) is 0 Å². The highest BCUT2D eigenvalue weighted by molar-refractivity contribution is 9.10. The van der Waals surface area contributed by atoms with Crippen LogP contribution in [0, 0.1) is 0 Å². The van der Waals surface area contributed by atoms with Crippen LogP contribution < -0.4 is 8.57 Å². The average Bonchev–Trinajstić information content (AvgIpc) is 3.23. The predicted octanol–water partition coefficient (Wildman–Crippen LogP) is 2.77. The molecule has 4 N–H and O–H groups in total. The highest BCUT2D eigenvalue weighted by Crippen LogP contribution is 2.46. The maximum atomic E-state index is 12.7. The Labute approximate surface area is 232 Å². The molecular weight excluding hydrogens is 676 g/mol. The van der Waals surface area contributed by atoms with Crippen LogP contribution in [-0.2, 0) is 33.1 Å². The second-order valence-corrected chi connectivity index (χ2v) is 13.0. The molecule has 0 radical (unpaired) electrons. The number of halogens is 2. The van der Waals surface area contributed by atoms with E-state index in [9.17, 15) is 37.3 Å².